The van der Waals surface area contributed by atoms with Gasteiger partial charge in [-0.2, -0.15) is 0 Å². The summed E-state index contributed by atoms with van der Waals surface area (Å²) < 4.78 is 16.0. The lowest BCUT2D eigenvalue weighted by Gasteiger charge is -2.27. The van der Waals surface area contributed by atoms with Crippen LogP contribution in [0.4, 0.5) is 0 Å². The number of methoxy groups -OCH3 is 2. The molecule has 8 heteroatoms. The Bertz CT molecular complexity index is 754. The van der Waals surface area contributed by atoms with Gasteiger partial charge in [0.1, 0.15) is 6.04 Å². The maximum absolute atomic E-state index is 12.6. The quantitative estimate of drug-likeness (QED) is 0.455. The van der Waals surface area contributed by atoms with Crippen LogP contribution in [0.1, 0.15) is 52.0 Å². The molecule has 31 heavy (non-hydrogen) atoms. The van der Waals surface area contributed by atoms with E-state index in [-0.39, 0.29) is 0 Å². The Hall–Kier alpha value is -2.29. The van der Waals surface area contributed by atoms with Crippen molar-refractivity contribution in [1.82, 2.24) is 10.2 Å². The number of carbonyl (C=O) groups is 1. The molecule has 0 amide bonds. The van der Waals surface area contributed by atoms with Gasteiger partial charge in [-0.15, -0.1) is 0 Å². The average Bonchev–Trinajstić information content (AvgIpc) is 3.05. The molecule has 174 valence electrons. The van der Waals surface area contributed by atoms with Crippen molar-refractivity contribution in [2.75, 3.05) is 20.8 Å². The van der Waals surface area contributed by atoms with Gasteiger partial charge >= 0.3 is 5.97 Å². The fourth-order valence-corrected chi connectivity index (χ4v) is 3.59. The fraction of sp³-hybridized carbons (Fsp3) is 0.609. The number of aliphatic hydroxyl groups is 2. The number of aliphatic hydroxyl groups excluding tert-OH is 2. The molecule has 4 unspecified atom stereocenters. The second-order valence-corrected chi connectivity index (χ2v) is 7.78. The van der Waals surface area contributed by atoms with Gasteiger partial charge in [0.25, 0.3) is 0 Å². The third-order valence-electron chi connectivity index (χ3n) is 5.66. The Morgan fingerprint density at radius 3 is 2.55 bits per heavy atom. The van der Waals surface area contributed by atoms with Crippen molar-refractivity contribution in [3.63, 3.8) is 0 Å². The lowest BCUT2D eigenvalue weighted by molar-refractivity contribution is -0.161. The summed E-state index contributed by atoms with van der Waals surface area (Å²) in [5.74, 6) is 0.990. The van der Waals surface area contributed by atoms with E-state index in [1.54, 1.807) is 45.4 Å². The zero-order valence-corrected chi connectivity index (χ0v) is 19.1. The first-order valence-electron chi connectivity index (χ1n) is 10.9. The van der Waals surface area contributed by atoms with Crippen LogP contribution in [-0.2, 0) is 9.53 Å². The molecule has 1 aliphatic heterocycles. The van der Waals surface area contributed by atoms with Gasteiger partial charge in [-0.3, -0.25) is 4.79 Å². The molecule has 1 fully saturated rings. The van der Waals surface area contributed by atoms with E-state index < -0.39 is 24.6 Å². The maximum Gasteiger partial charge on any atom is 0.323 e. The highest BCUT2D eigenvalue weighted by Crippen LogP contribution is 2.30. The van der Waals surface area contributed by atoms with E-state index in [1.165, 1.54) is 4.90 Å². The molecule has 8 nitrogen and oxygen atoms in total. The fourth-order valence-electron chi connectivity index (χ4n) is 3.59. The van der Waals surface area contributed by atoms with Crippen LogP contribution in [0.3, 0.4) is 0 Å². The first-order chi connectivity index (χ1) is 14.9. The standard InChI is InChI=1S/C23H36N2O6/c1-6-8-9-16(7-2)14-31-22(27)15(3)25-21(26)18(24-23(25)28)12-17-10-11-19(29-4)20(13-17)30-5/h10-13,15-16,21,23-24,26,28H,6-9,14H2,1-5H3/b18-12-. The molecule has 1 aromatic rings. The van der Waals surface area contributed by atoms with Crippen molar-refractivity contribution in [1.29, 1.82) is 0 Å². The van der Waals surface area contributed by atoms with E-state index in [4.69, 9.17) is 14.2 Å². The number of carbonyl (C=O) groups excluding carboxylic acids is 1. The number of esters is 1. The average molecular weight is 437 g/mol. The Labute approximate surface area is 184 Å². The van der Waals surface area contributed by atoms with E-state index in [1.807, 2.05) is 0 Å². The lowest BCUT2D eigenvalue weighted by atomic mass is 10.0. The molecule has 2 rings (SSSR count). The molecule has 0 bridgehead atoms. The smallest absolute Gasteiger partial charge is 0.323 e. The van der Waals surface area contributed by atoms with Crippen molar-refractivity contribution in [3.8, 4) is 11.5 Å². The molecular formula is C23H36N2O6. The van der Waals surface area contributed by atoms with E-state index in [2.05, 4.69) is 19.2 Å². The number of ether oxygens (including phenoxy) is 3. The normalized spacial score (nSPS) is 22.1. The minimum Gasteiger partial charge on any atom is -0.493 e. The number of hydrogen-bond acceptors (Lipinski definition) is 8. The Kier molecular flexibility index (Phi) is 9.61. The van der Waals surface area contributed by atoms with Crippen LogP contribution in [0.2, 0.25) is 0 Å². The van der Waals surface area contributed by atoms with Crippen LogP contribution < -0.4 is 14.8 Å². The van der Waals surface area contributed by atoms with Crippen LogP contribution in [0.5, 0.6) is 11.5 Å². The molecule has 0 saturated carbocycles. The molecule has 1 aromatic carbocycles. The first kappa shape index (κ1) is 25.0. The van der Waals surface area contributed by atoms with Crippen LogP contribution in [0.25, 0.3) is 6.08 Å². The third kappa shape index (κ3) is 6.35. The van der Waals surface area contributed by atoms with Crippen LogP contribution >= 0.6 is 0 Å². The molecule has 1 aliphatic rings. The van der Waals surface area contributed by atoms with Crippen molar-refractivity contribution in [2.24, 2.45) is 5.92 Å². The summed E-state index contributed by atoms with van der Waals surface area (Å²) in [7, 11) is 3.10. The first-order valence-corrected chi connectivity index (χ1v) is 10.9. The number of benzene rings is 1. The maximum atomic E-state index is 12.6. The van der Waals surface area contributed by atoms with E-state index in [9.17, 15) is 15.0 Å². The Morgan fingerprint density at radius 1 is 1.23 bits per heavy atom. The summed E-state index contributed by atoms with van der Waals surface area (Å²) in [6, 6.07) is 4.49. The minimum absolute atomic E-state index is 0.322. The highest BCUT2D eigenvalue weighted by molar-refractivity contribution is 5.75. The highest BCUT2D eigenvalue weighted by Gasteiger charge is 2.41. The summed E-state index contributed by atoms with van der Waals surface area (Å²) in [6.07, 6.45) is 3.45. The third-order valence-corrected chi connectivity index (χ3v) is 5.66. The lowest BCUT2D eigenvalue weighted by Crippen LogP contribution is -2.49. The summed E-state index contributed by atoms with van der Waals surface area (Å²) in [5.41, 5.74) is 1.11. The Balaban J connectivity index is 2.06. The zero-order chi connectivity index (χ0) is 23.0. The molecule has 0 spiro atoms. The molecule has 0 radical (unpaired) electrons. The molecule has 0 aliphatic carbocycles. The largest absolute Gasteiger partial charge is 0.493 e. The van der Waals surface area contributed by atoms with Gasteiger partial charge in [0.2, 0.25) is 0 Å². The van der Waals surface area contributed by atoms with Crippen LogP contribution in [0.15, 0.2) is 23.9 Å². The molecule has 1 saturated heterocycles. The van der Waals surface area contributed by atoms with Crippen molar-refractivity contribution < 1.29 is 29.2 Å². The SMILES string of the molecule is CCCCC(CC)COC(=O)C(C)N1C(O)N/C(=C\c2ccc(OC)c(OC)c2)C1O. The highest BCUT2D eigenvalue weighted by atomic mass is 16.5. The minimum atomic E-state index is -1.22. The van der Waals surface area contributed by atoms with Gasteiger partial charge in [-0.1, -0.05) is 39.2 Å². The molecule has 4 atom stereocenters. The van der Waals surface area contributed by atoms with Crippen LogP contribution in [-0.4, -0.2) is 60.5 Å². The van der Waals surface area contributed by atoms with Gasteiger partial charge in [0, 0.05) is 0 Å². The predicted octanol–water partition coefficient (Wildman–Crippen LogP) is 2.69. The Morgan fingerprint density at radius 2 is 1.94 bits per heavy atom. The molecule has 3 N–H and O–H groups in total. The van der Waals surface area contributed by atoms with Gasteiger partial charge in [-0.05, 0) is 43.0 Å². The van der Waals surface area contributed by atoms with Crippen molar-refractivity contribution >= 4 is 12.0 Å². The second kappa shape index (κ2) is 11.9. The summed E-state index contributed by atoms with van der Waals surface area (Å²) in [5, 5.41) is 24.0. The van der Waals surface area contributed by atoms with Gasteiger partial charge < -0.3 is 29.7 Å². The predicted molar refractivity (Wildman–Crippen MR) is 118 cm³/mol. The number of hydrogen-bond donors (Lipinski definition) is 3. The number of nitrogens with zero attached hydrogens (tertiary/aromatic N) is 1. The van der Waals surface area contributed by atoms with E-state index in [0.29, 0.717) is 29.7 Å². The van der Waals surface area contributed by atoms with Crippen molar-refractivity contribution in [3.05, 3.63) is 29.5 Å². The molecule has 1 heterocycles. The zero-order valence-electron chi connectivity index (χ0n) is 19.1. The van der Waals surface area contributed by atoms with Gasteiger partial charge in [0.15, 0.2) is 24.1 Å². The van der Waals surface area contributed by atoms with E-state index >= 15 is 0 Å². The van der Waals surface area contributed by atoms with Crippen molar-refractivity contribution in [2.45, 2.75) is 65.1 Å². The monoisotopic (exact) mass is 436 g/mol. The van der Waals surface area contributed by atoms with Gasteiger partial charge in [0.05, 0.1) is 26.5 Å². The molecule has 0 aromatic heterocycles. The summed E-state index contributed by atoms with van der Waals surface area (Å²) in [4.78, 5) is 13.9. The molecular weight excluding hydrogens is 400 g/mol. The van der Waals surface area contributed by atoms with Gasteiger partial charge in [-0.25, -0.2) is 4.90 Å². The number of rotatable bonds is 11. The number of unbranched alkanes of at least 4 members (excludes halogenated alkanes) is 1. The topological polar surface area (TPSA) is 100 Å². The van der Waals surface area contributed by atoms with Crippen LogP contribution in [0, 0.1) is 5.92 Å². The summed E-state index contributed by atoms with van der Waals surface area (Å²) in [6.45, 7) is 6.18. The van der Waals surface area contributed by atoms with E-state index in [0.717, 1.165) is 31.2 Å². The second-order valence-electron chi connectivity index (χ2n) is 7.78. The number of nitrogens with one attached hydrogen (secondary N) is 1. The summed E-state index contributed by atoms with van der Waals surface area (Å²) >= 11 is 0.